The van der Waals surface area contributed by atoms with Crippen molar-refractivity contribution in [2.75, 3.05) is 19.7 Å². The lowest BCUT2D eigenvalue weighted by Crippen LogP contribution is -2.20. The van der Waals surface area contributed by atoms with E-state index in [0.29, 0.717) is 6.54 Å². The van der Waals surface area contributed by atoms with Crippen LogP contribution >= 0.6 is 0 Å². The first-order valence-electron chi connectivity index (χ1n) is 7.43. The van der Waals surface area contributed by atoms with E-state index in [-0.39, 0.29) is 18.3 Å². The van der Waals surface area contributed by atoms with E-state index in [0.717, 1.165) is 25.8 Å². The molecule has 0 radical (unpaired) electrons. The van der Waals surface area contributed by atoms with Gasteiger partial charge in [0.1, 0.15) is 11.6 Å². The second-order valence-corrected chi connectivity index (χ2v) is 4.74. The fourth-order valence-electron chi connectivity index (χ4n) is 1.68. The van der Waals surface area contributed by atoms with Crippen molar-refractivity contribution in [2.24, 2.45) is 0 Å². The minimum atomic E-state index is -0.587. The highest BCUT2D eigenvalue weighted by Gasteiger charge is 2.13. The van der Waals surface area contributed by atoms with Crippen LogP contribution in [0.25, 0.3) is 0 Å². The Morgan fingerprint density at radius 3 is 2.71 bits per heavy atom. The summed E-state index contributed by atoms with van der Waals surface area (Å²) in [5.74, 6) is -0.587. The van der Waals surface area contributed by atoms with Crippen molar-refractivity contribution in [3.63, 3.8) is 0 Å². The van der Waals surface area contributed by atoms with Crippen LogP contribution in [0.1, 0.15) is 40.0 Å². The predicted octanol–water partition coefficient (Wildman–Crippen LogP) is 2.39. The smallest absolute Gasteiger partial charge is 0.349 e. The van der Waals surface area contributed by atoms with Gasteiger partial charge in [-0.15, -0.1) is 0 Å². The molecule has 1 unspecified atom stereocenters. The molecular formula is C16H26N2O3. The van der Waals surface area contributed by atoms with Crippen LogP contribution in [-0.4, -0.2) is 41.8 Å². The number of unbranched alkanes of at least 4 members (excludes halogenated alkanes) is 1. The van der Waals surface area contributed by atoms with Crippen LogP contribution < -0.4 is 0 Å². The van der Waals surface area contributed by atoms with Gasteiger partial charge in [0.05, 0.1) is 12.7 Å². The molecule has 0 saturated heterocycles. The van der Waals surface area contributed by atoms with Crippen LogP contribution in [-0.2, 0) is 9.53 Å². The third kappa shape index (κ3) is 8.87. The SMILES string of the molecule is CCCCC(C)OC(=O)/C(C#N)=C/C=C/N(CC)CCO. The van der Waals surface area contributed by atoms with E-state index in [4.69, 9.17) is 15.1 Å². The second kappa shape index (κ2) is 12.0. The number of likely N-dealkylation sites (N-methyl/N-ethyl adjacent to an activating group) is 1. The van der Waals surface area contributed by atoms with Crippen molar-refractivity contribution in [3.8, 4) is 6.07 Å². The summed E-state index contributed by atoms with van der Waals surface area (Å²) in [6.45, 7) is 7.18. The topological polar surface area (TPSA) is 73.6 Å². The van der Waals surface area contributed by atoms with Crippen molar-refractivity contribution in [1.29, 1.82) is 5.26 Å². The van der Waals surface area contributed by atoms with Gasteiger partial charge in [-0.1, -0.05) is 19.8 Å². The maximum atomic E-state index is 11.8. The summed E-state index contributed by atoms with van der Waals surface area (Å²) in [6.07, 6.45) is 7.46. The molecule has 0 amide bonds. The number of carbonyl (C=O) groups is 1. The molecular weight excluding hydrogens is 268 g/mol. The lowest BCUT2D eigenvalue weighted by molar-refractivity contribution is -0.143. The van der Waals surface area contributed by atoms with Gasteiger partial charge in [0.25, 0.3) is 0 Å². The molecule has 118 valence electrons. The Balaban J connectivity index is 4.54. The molecule has 0 aromatic heterocycles. The molecule has 0 aliphatic heterocycles. The van der Waals surface area contributed by atoms with Crippen LogP contribution in [0.5, 0.6) is 0 Å². The summed E-state index contributed by atoms with van der Waals surface area (Å²) in [5.41, 5.74) is -0.0188. The van der Waals surface area contributed by atoms with Crippen LogP contribution in [0, 0.1) is 11.3 Å². The van der Waals surface area contributed by atoms with Gasteiger partial charge in [-0.2, -0.15) is 5.26 Å². The largest absolute Gasteiger partial charge is 0.459 e. The van der Waals surface area contributed by atoms with Gasteiger partial charge < -0.3 is 14.7 Å². The number of hydrogen-bond donors (Lipinski definition) is 1. The Morgan fingerprint density at radius 2 is 2.19 bits per heavy atom. The molecule has 0 fully saturated rings. The van der Waals surface area contributed by atoms with Crippen molar-refractivity contribution >= 4 is 5.97 Å². The third-order valence-corrected chi connectivity index (χ3v) is 2.97. The Bertz CT molecular complexity index is 397. The van der Waals surface area contributed by atoms with E-state index in [1.54, 1.807) is 12.3 Å². The first-order valence-corrected chi connectivity index (χ1v) is 7.43. The van der Waals surface area contributed by atoms with Gasteiger partial charge in [0.15, 0.2) is 0 Å². The van der Waals surface area contributed by atoms with Crippen molar-refractivity contribution < 1.29 is 14.6 Å². The first-order chi connectivity index (χ1) is 10.1. The number of allylic oxidation sites excluding steroid dienone is 2. The maximum Gasteiger partial charge on any atom is 0.349 e. The number of carbonyl (C=O) groups excluding carboxylic acids is 1. The van der Waals surface area contributed by atoms with Gasteiger partial charge in [0.2, 0.25) is 0 Å². The van der Waals surface area contributed by atoms with E-state index in [1.807, 2.05) is 24.8 Å². The van der Waals surface area contributed by atoms with Gasteiger partial charge in [-0.25, -0.2) is 4.79 Å². The molecule has 0 bridgehead atoms. The minimum Gasteiger partial charge on any atom is -0.459 e. The highest BCUT2D eigenvalue weighted by Crippen LogP contribution is 2.07. The predicted molar refractivity (Wildman–Crippen MR) is 82.2 cm³/mol. The Morgan fingerprint density at radius 1 is 1.48 bits per heavy atom. The highest BCUT2D eigenvalue weighted by atomic mass is 16.5. The average Bonchev–Trinajstić information content (AvgIpc) is 2.48. The first kappa shape index (κ1) is 19.2. The van der Waals surface area contributed by atoms with Gasteiger partial charge in [0, 0.05) is 13.1 Å². The molecule has 0 aliphatic rings. The minimum absolute atomic E-state index is 0.0188. The molecule has 21 heavy (non-hydrogen) atoms. The van der Waals surface area contributed by atoms with Crippen LogP contribution in [0.15, 0.2) is 23.9 Å². The molecule has 0 rings (SSSR count). The van der Waals surface area contributed by atoms with Gasteiger partial charge in [-0.05, 0) is 38.6 Å². The van der Waals surface area contributed by atoms with Gasteiger partial charge in [-0.3, -0.25) is 0 Å². The lowest BCUT2D eigenvalue weighted by atomic mass is 10.2. The molecule has 0 saturated carbocycles. The fourth-order valence-corrected chi connectivity index (χ4v) is 1.68. The number of ether oxygens (including phenoxy) is 1. The number of aliphatic hydroxyl groups is 1. The standard InChI is InChI=1S/C16H26N2O3/c1-4-6-8-14(3)21-16(20)15(13-17)9-7-10-18(5-2)11-12-19/h7,9-10,14,19H,4-6,8,11-12H2,1-3H3/b10-7+,15-9+. The molecule has 0 aromatic rings. The molecule has 5 nitrogen and oxygen atoms in total. The number of esters is 1. The average molecular weight is 294 g/mol. The Labute approximate surface area is 127 Å². The summed E-state index contributed by atoms with van der Waals surface area (Å²) in [4.78, 5) is 13.7. The number of nitrogens with zero attached hydrogens (tertiary/aromatic N) is 2. The van der Waals surface area contributed by atoms with Crippen LogP contribution in [0.3, 0.4) is 0 Å². The molecule has 0 heterocycles. The molecule has 5 heteroatoms. The normalized spacial score (nSPS) is 13.0. The van der Waals surface area contributed by atoms with Crippen molar-refractivity contribution in [2.45, 2.75) is 46.1 Å². The zero-order valence-corrected chi connectivity index (χ0v) is 13.2. The van der Waals surface area contributed by atoms with Crippen molar-refractivity contribution in [3.05, 3.63) is 23.9 Å². The maximum absolute atomic E-state index is 11.8. The van der Waals surface area contributed by atoms with E-state index in [9.17, 15) is 4.79 Å². The summed E-state index contributed by atoms with van der Waals surface area (Å²) < 4.78 is 5.22. The lowest BCUT2D eigenvalue weighted by Gasteiger charge is -2.15. The number of aliphatic hydroxyl groups excluding tert-OH is 1. The number of hydrogen-bond acceptors (Lipinski definition) is 5. The van der Waals surface area contributed by atoms with E-state index in [2.05, 4.69) is 6.92 Å². The molecule has 0 aromatic carbocycles. The number of nitriles is 1. The van der Waals surface area contributed by atoms with E-state index >= 15 is 0 Å². The summed E-state index contributed by atoms with van der Waals surface area (Å²) in [5, 5.41) is 17.9. The zero-order chi connectivity index (χ0) is 16.1. The zero-order valence-electron chi connectivity index (χ0n) is 13.2. The highest BCUT2D eigenvalue weighted by molar-refractivity contribution is 5.93. The fraction of sp³-hybridized carbons (Fsp3) is 0.625. The summed E-state index contributed by atoms with van der Waals surface area (Å²) in [6, 6.07) is 1.85. The Kier molecular flexibility index (Phi) is 11.0. The van der Waals surface area contributed by atoms with Gasteiger partial charge >= 0.3 is 5.97 Å². The molecule has 1 atom stereocenters. The van der Waals surface area contributed by atoms with E-state index in [1.165, 1.54) is 6.08 Å². The van der Waals surface area contributed by atoms with Crippen LogP contribution in [0.4, 0.5) is 0 Å². The monoisotopic (exact) mass is 294 g/mol. The molecule has 0 aliphatic carbocycles. The second-order valence-electron chi connectivity index (χ2n) is 4.74. The Hall–Kier alpha value is -1.80. The molecule has 0 spiro atoms. The quantitative estimate of drug-likeness (QED) is 0.290. The number of rotatable bonds is 10. The van der Waals surface area contributed by atoms with Crippen LogP contribution in [0.2, 0.25) is 0 Å². The molecule has 1 N–H and O–H groups in total. The third-order valence-electron chi connectivity index (χ3n) is 2.97. The van der Waals surface area contributed by atoms with E-state index < -0.39 is 5.97 Å². The van der Waals surface area contributed by atoms with Crippen molar-refractivity contribution in [1.82, 2.24) is 4.90 Å². The summed E-state index contributed by atoms with van der Waals surface area (Å²) in [7, 11) is 0. The summed E-state index contributed by atoms with van der Waals surface area (Å²) >= 11 is 0.